The number of benzene rings is 2. The summed E-state index contributed by atoms with van der Waals surface area (Å²) in [6.45, 7) is 0.784. The van der Waals surface area contributed by atoms with E-state index in [4.69, 9.17) is 17.0 Å². The molecule has 2 N–H and O–H groups in total. The van der Waals surface area contributed by atoms with Crippen LogP contribution in [0.4, 0.5) is 0 Å². The minimum atomic E-state index is 0.186. The van der Waals surface area contributed by atoms with E-state index in [1.807, 2.05) is 48.5 Å². The van der Waals surface area contributed by atoms with Crippen molar-refractivity contribution in [1.29, 1.82) is 5.41 Å². The van der Waals surface area contributed by atoms with Crippen molar-refractivity contribution < 1.29 is 5.11 Å². The van der Waals surface area contributed by atoms with E-state index in [9.17, 15) is 5.11 Å². The third kappa shape index (κ3) is 2.56. The topological polar surface area (TPSA) is 60.2 Å². The van der Waals surface area contributed by atoms with E-state index >= 15 is 0 Å². The maximum atomic E-state index is 10.4. The maximum Gasteiger partial charge on any atom is 0.135 e. The molecule has 1 aliphatic rings. The molecule has 6 heteroatoms. The first-order valence-corrected chi connectivity index (χ1v) is 8.68. The van der Waals surface area contributed by atoms with Gasteiger partial charge in [0.2, 0.25) is 0 Å². The molecule has 24 heavy (non-hydrogen) atoms. The molecule has 0 spiro atoms. The van der Waals surface area contributed by atoms with Gasteiger partial charge in [-0.1, -0.05) is 41.9 Å². The number of hydrogen-bond donors (Lipinski definition) is 2. The number of nitrogens with one attached hydrogen (secondary N) is 1. The fourth-order valence-electron chi connectivity index (χ4n) is 2.80. The van der Waals surface area contributed by atoms with Gasteiger partial charge in [-0.15, -0.1) is 11.3 Å². The van der Waals surface area contributed by atoms with Crippen LogP contribution in [-0.2, 0) is 6.54 Å². The lowest BCUT2D eigenvalue weighted by Crippen LogP contribution is -2.26. The van der Waals surface area contributed by atoms with Crippen LogP contribution in [0.2, 0.25) is 5.02 Å². The molecule has 3 aromatic rings. The zero-order chi connectivity index (χ0) is 16.7. The van der Waals surface area contributed by atoms with Gasteiger partial charge in [-0.05, 0) is 23.8 Å². The van der Waals surface area contributed by atoms with Crippen LogP contribution in [0.25, 0.3) is 15.8 Å². The third-order valence-electron chi connectivity index (χ3n) is 4.01. The molecule has 120 valence electrons. The molecule has 1 aromatic heterocycles. The first-order valence-electron chi connectivity index (χ1n) is 7.49. The number of rotatable bonds is 3. The predicted molar refractivity (Wildman–Crippen MR) is 98.8 cm³/mol. The number of aromatic nitrogens is 1. The number of amidine groups is 1. The first-order chi connectivity index (χ1) is 11.6. The van der Waals surface area contributed by atoms with Crippen molar-refractivity contribution in [3.8, 4) is 0 Å². The molecule has 2 heterocycles. The van der Waals surface area contributed by atoms with Crippen molar-refractivity contribution >= 4 is 44.6 Å². The Morgan fingerprint density at radius 1 is 1.17 bits per heavy atom. The summed E-state index contributed by atoms with van der Waals surface area (Å²) >= 11 is 7.70. The molecular weight excluding hydrogens is 342 g/mol. The van der Waals surface area contributed by atoms with Gasteiger partial charge in [0.05, 0.1) is 22.3 Å². The van der Waals surface area contributed by atoms with Crippen molar-refractivity contribution in [2.24, 2.45) is 0 Å². The highest BCUT2D eigenvalue weighted by atomic mass is 35.5. The Kier molecular flexibility index (Phi) is 3.75. The molecule has 1 aliphatic heterocycles. The second-order valence-electron chi connectivity index (χ2n) is 5.60. The average molecular weight is 356 g/mol. The minimum absolute atomic E-state index is 0.186. The van der Waals surface area contributed by atoms with Crippen molar-refractivity contribution in [3.05, 3.63) is 69.9 Å². The first kappa shape index (κ1) is 15.2. The molecule has 0 saturated heterocycles. The molecule has 0 bridgehead atoms. The van der Waals surface area contributed by atoms with Gasteiger partial charge in [0.1, 0.15) is 16.6 Å². The monoisotopic (exact) mass is 355 g/mol. The number of halogens is 1. The largest absolute Gasteiger partial charge is 0.510 e. The second-order valence-corrected chi connectivity index (χ2v) is 7.04. The smallest absolute Gasteiger partial charge is 0.135 e. The molecular formula is C18H14ClN3OS. The summed E-state index contributed by atoms with van der Waals surface area (Å²) in [6, 6.07) is 15.4. The molecule has 0 amide bonds. The van der Waals surface area contributed by atoms with Crippen molar-refractivity contribution in [2.45, 2.75) is 6.54 Å². The highest BCUT2D eigenvalue weighted by molar-refractivity contribution is 7.19. The number of nitrogens with zero attached hydrogens (tertiary/aromatic N) is 2. The van der Waals surface area contributed by atoms with Crippen LogP contribution in [0.3, 0.4) is 0 Å². The summed E-state index contributed by atoms with van der Waals surface area (Å²) in [5.74, 6) is 0.470. The quantitative estimate of drug-likeness (QED) is 0.715. The Morgan fingerprint density at radius 2 is 1.92 bits per heavy atom. The highest BCUT2D eigenvalue weighted by Crippen LogP contribution is 2.34. The van der Waals surface area contributed by atoms with Gasteiger partial charge in [-0.2, -0.15) is 0 Å². The van der Waals surface area contributed by atoms with E-state index in [1.54, 1.807) is 4.90 Å². The van der Waals surface area contributed by atoms with Gasteiger partial charge in [0.25, 0.3) is 0 Å². The zero-order valence-corrected chi connectivity index (χ0v) is 14.2. The number of aliphatic hydroxyl groups is 1. The molecule has 0 fully saturated rings. The lowest BCUT2D eigenvalue weighted by atomic mass is 10.2. The van der Waals surface area contributed by atoms with Gasteiger partial charge in [-0.3, -0.25) is 5.41 Å². The summed E-state index contributed by atoms with van der Waals surface area (Å²) in [4.78, 5) is 6.37. The van der Waals surface area contributed by atoms with Gasteiger partial charge >= 0.3 is 0 Å². The fraction of sp³-hybridized carbons (Fsp3) is 0.111. The van der Waals surface area contributed by atoms with Crippen molar-refractivity contribution in [1.82, 2.24) is 9.88 Å². The van der Waals surface area contributed by atoms with Gasteiger partial charge in [0, 0.05) is 11.6 Å². The third-order valence-corrected chi connectivity index (χ3v) is 5.43. The van der Waals surface area contributed by atoms with Crippen LogP contribution in [0.1, 0.15) is 10.6 Å². The zero-order valence-electron chi connectivity index (χ0n) is 12.7. The second kappa shape index (κ2) is 5.92. The summed E-state index contributed by atoms with van der Waals surface area (Å²) < 4.78 is 1.05. The van der Waals surface area contributed by atoms with E-state index in [-0.39, 0.29) is 11.6 Å². The molecule has 4 rings (SSSR count). The van der Waals surface area contributed by atoms with Crippen LogP contribution in [-0.4, -0.2) is 27.4 Å². The number of fused-ring (bicyclic) bond motifs is 1. The minimum Gasteiger partial charge on any atom is -0.510 e. The molecule has 0 aliphatic carbocycles. The number of hydrogen-bond acceptors (Lipinski definition) is 4. The van der Waals surface area contributed by atoms with Gasteiger partial charge < -0.3 is 10.0 Å². The Hall–Kier alpha value is -2.37. The summed E-state index contributed by atoms with van der Waals surface area (Å²) in [7, 11) is 0. The number of aliphatic hydroxyl groups excluding tert-OH is 1. The summed E-state index contributed by atoms with van der Waals surface area (Å²) in [5, 5.41) is 20.2. The van der Waals surface area contributed by atoms with Gasteiger partial charge in [0.15, 0.2) is 0 Å². The Labute approximate surface area is 148 Å². The average Bonchev–Trinajstić information content (AvgIpc) is 3.10. The van der Waals surface area contributed by atoms with Crippen LogP contribution in [0.5, 0.6) is 0 Å². The van der Waals surface area contributed by atoms with E-state index in [2.05, 4.69) is 4.98 Å². The number of thiazole rings is 1. The number of para-hydroxylation sites is 1. The fourth-order valence-corrected chi connectivity index (χ4v) is 4.03. The van der Waals surface area contributed by atoms with Crippen LogP contribution in [0, 0.1) is 5.41 Å². The van der Waals surface area contributed by atoms with Gasteiger partial charge in [-0.25, -0.2) is 4.98 Å². The lowest BCUT2D eigenvalue weighted by Gasteiger charge is -2.19. The Bertz CT molecular complexity index is 946. The Morgan fingerprint density at radius 3 is 2.71 bits per heavy atom. The van der Waals surface area contributed by atoms with E-state index in [0.29, 0.717) is 28.7 Å². The molecule has 0 atom stereocenters. The standard InChI is InChI=1S/C18H14ClN3OS/c19-12-6-2-1-5-11(12)9-22-10-14(23)16(17(22)20)18-21-13-7-3-4-8-15(13)24-18/h1-8,20,23H,9-10H2. The van der Waals surface area contributed by atoms with E-state index in [0.717, 1.165) is 15.8 Å². The lowest BCUT2D eigenvalue weighted by molar-refractivity contribution is 0.347. The van der Waals surface area contributed by atoms with Crippen LogP contribution in [0.15, 0.2) is 54.3 Å². The Balaban J connectivity index is 1.64. The SMILES string of the molecule is N=C1C(c2nc3ccccc3s2)=C(O)CN1Cc1ccccc1Cl. The normalized spacial score (nSPS) is 14.9. The highest BCUT2D eigenvalue weighted by Gasteiger charge is 2.30. The van der Waals surface area contributed by atoms with Crippen LogP contribution >= 0.6 is 22.9 Å². The summed E-state index contributed by atoms with van der Waals surface area (Å²) in [6.07, 6.45) is 0. The predicted octanol–water partition coefficient (Wildman–Crippen LogP) is 4.71. The van der Waals surface area contributed by atoms with Crippen molar-refractivity contribution in [3.63, 3.8) is 0 Å². The summed E-state index contributed by atoms with van der Waals surface area (Å²) in [5.41, 5.74) is 2.33. The van der Waals surface area contributed by atoms with E-state index < -0.39 is 0 Å². The molecule has 0 saturated carbocycles. The van der Waals surface area contributed by atoms with E-state index in [1.165, 1.54) is 11.3 Å². The molecule has 0 unspecified atom stereocenters. The van der Waals surface area contributed by atoms with Crippen LogP contribution < -0.4 is 0 Å². The van der Waals surface area contributed by atoms with Crippen molar-refractivity contribution in [2.75, 3.05) is 6.54 Å². The molecule has 0 radical (unpaired) electrons. The molecule has 2 aromatic carbocycles. The maximum absolute atomic E-state index is 10.4. The molecule has 4 nitrogen and oxygen atoms in total.